The van der Waals surface area contributed by atoms with Crippen molar-refractivity contribution in [3.05, 3.63) is 28.2 Å². The van der Waals surface area contributed by atoms with Crippen LogP contribution in [0.15, 0.2) is 18.2 Å². The van der Waals surface area contributed by atoms with Crippen LogP contribution in [0.5, 0.6) is 0 Å². The Hall–Kier alpha value is -1.26. The van der Waals surface area contributed by atoms with Crippen LogP contribution in [0.2, 0.25) is 10.0 Å². The maximum Gasteiger partial charge on any atom is 0.313 e. The number of rotatable bonds is 7. The minimum Gasteiger partial charge on any atom is -0.334 e. The number of hydrogen-bond donors (Lipinski definition) is 1. The molecule has 0 heterocycles. The van der Waals surface area contributed by atoms with Crippen LogP contribution in [0.3, 0.4) is 0 Å². The normalized spacial score (nSPS) is 10.4. The van der Waals surface area contributed by atoms with Crippen LogP contribution < -0.4 is 5.32 Å². The number of carbonyl (C=O) groups excluding carboxylic acids is 2. The molecule has 0 bridgehead atoms. The van der Waals surface area contributed by atoms with Crippen LogP contribution in [0, 0.1) is 0 Å². The molecule has 6 heteroatoms. The molecule has 1 rings (SSSR count). The Balaban J connectivity index is 2.72. The van der Waals surface area contributed by atoms with Crippen molar-refractivity contribution < 1.29 is 9.59 Å². The molecule has 0 aromatic heterocycles. The van der Waals surface area contributed by atoms with E-state index in [0.717, 1.165) is 25.7 Å². The van der Waals surface area contributed by atoms with E-state index in [1.54, 1.807) is 23.1 Å². The summed E-state index contributed by atoms with van der Waals surface area (Å²) < 4.78 is 0. The third-order valence-corrected chi connectivity index (χ3v) is 3.60. The quantitative estimate of drug-likeness (QED) is 0.747. The summed E-state index contributed by atoms with van der Waals surface area (Å²) in [6, 6.07) is 4.68. The van der Waals surface area contributed by atoms with Crippen molar-refractivity contribution in [1.82, 2.24) is 4.90 Å². The van der Waals surface area contributed by atoms with Gasteiger partial charge in [-0.2, -0.15) is 0 Å². The van der Waals surface area contributed by atoms with Gasteiger partial charge in [-0.25, -0.2) is 0 Å². The highest BCUT2D eigenvalue weighted by molar-refractivity contribution is 6.40. The second-order valence-corrected chi connectivity index (χ2v) is 5.98. The zero-order chi connectivity index (χ0) is 16.5. The molecule has 0 radical (unpaired) electrons. The number of anilines is 1. The number of amides is 2. The van der Waals surface area contributed by atoms with E-state index in [1.165, 1.54) is 0 Å². The first-order valence-electron chi connectivity index (χ1n) is 7.54. The molecule has 0 aliphatic heterocycles. The van der Waals surface area contributed by atoms with Crippen LogP contribution >= 0.6 is 23.2 Å². The first-order chi connectivity index (χ1) is 10.5. The van der Waals surface area contributed by atoms with Crippen molar-refractivity contribution >= 4 is 40.7 Å². The highest BCUT2D eigenvalue weighted by Gasteiger charge is 2.21. The van der Waals surface area contributed by atoms with E-state index in [1.807, 2.05) is 0 Å². The van der Waals surface area contributed by atoms with E-state index >= 15 is 0 Å². The van der Waals surface area contributed by atoms with Gasteiger partial charge in [0.25, 0.3) is 0 Å². The van der Waals surface area contributed by atoms with Crippen LogP contribution in [-0.2, 0) is 9.59 Å². The van der Waals surface area contributed by atoms with Gasteiger partial charge in [-0.15, -0.1) is 0 Å². The zero-order valence-corrected chi connectivity index (χ0v) is 14.5. The van der Waals surface area contributed by atoms with Gasteiger partial charge >= 0.3 is 11.8 Å². The van der Waals surface area contributed by atoms with Crippen LogP contribution in [0.25, 0.3) is 0 Å². The van der Waals surface area contributed by atoms with Gasteiger partial charge in [0.2, 0.25) is 0 Å². The fraction of sp³-hybridized carbons (Fsp3) is 0.500. The Morgan fingerprint density at radius 2 is 1.50 bits per heavy atom. The van der Waals surface area contributed by atoms with Gasteiger partial charge in [-0.3, -0.25) is 9.59 Å². The molecule has 4 nitrogen and oxygen atoms in total. The van der Waals surface area contributed by atoms with Gasteiger partial charge in [-0.1, -0.05) is 49.9 Å². The van der Waals surface area contributed by atoms with E-state index in [0.29, 0.717) is 28.8 Å². The highest BCUT2D eigenvalue weighted by Crippen LogP contribution is 2.22. The van der Waals surface area contributed by atoms with Crippen LogP contribution in [0.1, 0.15) is 39.5 Å². The summed E-state index contributed by atoms with van der Waals surface area (Å²) in [6.07, 6.45) is 3.71. The first kappa shape index (κ1) is 18.8. The highest BCUT2D eigenvalue weighted by atomic mass is 35.5. The third kappa shape index (κ3) is 6.24. The number of unbranched alkanes of at least 4 members (excludes halogenated alkanes) is 2. The summed E-state index contributed by atoms with van der Waals surface area (Å²) >= 11 is 11.8. The van der Waals surface area contributed by atoms with Gasteiger partial charge in [0.1, 0.15) is 0 Å². The molecule has 0 spiro atoms. The largest absolute Gasteiger partial charge is 0.334 e. The van der Waals surface area contributed by atoms with E-state index in [4.69, 9.17) is 23.2 Å². The number of nitrogens with zero attached hydrogens (tertiary/aromatic N) is 1. The minimum atomic E-state index is -0.662. The van der Waals surface area contributed by atoms with E-state index in [-0.39, 0.29) is 0 Å². The minimum absolute atomic E-state index is 0.407. The predicted molar refractivity (Wildman–Crippen MR) is 91.5 cm³/mol. The van der Waals surface area contributed by atoms with Crippen molar-refractivity contribution in [3.8, 4) is 0 Å². The maximum absolute atomic E-state index is 12.3. The molecule has 0 aliphatic rings. The molecule has 1 N–H and O–H groups in total. The fourth-order valence-electron chi connectivity index (χ4n) is 1.97. The average Bonchev–Trinajstić information content (AvgIpc) is 2.45. The second kappa shape index (κ2) is 9.70. The predicted octanol–water partition coefficient (Wildman–Crippen LogP) is 4.36. The Bertz CT molecular complexity index is 493. The molecule has 0 unspecified atom stereocenters. The van der Waals surface area contributed by atoms with Crippen molar-refractivity contribution in [1.29, 1.82) is 0 Å². The SMILES string of the molecule is CCCCN(CCCC)C(=O)C(=O)Nc1cc(Cl)cc(Cl)c1. The average molecular weight is 345 g/mol. The van der Waals surface area contributed by atoms with Gasteiger partial charge in [0, 0.05) is 28.8 Å². The van der Waals surface area contributed by atoms with E-state index in [2.05, 4.69) is 19.2 Å². The summed E-state index contributed by atoms with van der Waals surface area (Å²) in [7, 11) is 0. The van der Waals surface area contributed by atoms with Gasteiger partial charge in [-0.05, 0) is 31.0 Å². The van der Waals surface area contributed by atoms with Crippen molar-refractivity contribution in [2.45, 2.75) is 39.5 Å². The molecule has 0 atom stereocenters. The van der Waals surface area contributed by atoms with Gasteiger partial charge in [0.15, 0.2) is 0 Å². The molecular formula is C16H22Cl2N2O2. The van der Waals surface area contributed by atoms with E-state index in [9.17, 15) is 9.59 Å². The third-order valence-electron chi connectivity index (χ3n) is 3.17. The van der Waals surface area contributed by atoms with Gasteiger partial charge < -0.3 is 10.2 Å². The Kier molecular flexibility index (Phi) is 8.28. The van der Waals surface area contributed by atoms with Crippen molar-refractivity contribution in [3.63, 3.8) is 0 Å². The molecule has 0 saturated heterocycles. The van der Waals surface area contributed by atoms with Crippen LogP contribution in [0.4, 0.5) is 5.69 Å². The lowest BCUT2D eigenvalue weighted by Crippen LogP contribution is -2.40. The molecule has 0 saturated carbocycles. The standard InChI is InChI=1S/C16H22Cl2N2O2/c1-3-5-7-20(8-6-4-2)16(22)15(21)19-14-10-12(17)9-13(18)11-14/h9-11H,3-8H2,1-2H3,(H,19,21). The van der Waals surface area contributed by atoms with Crippen LogP contribution in [-0.4, -0.2) is 29.8 Å². The smallest absolute Gasteiger partial charge is 0.313 e. The number of benzene rings is 1. The van der Waals surface area contributed by atoms with Gasteiger partial charge in [0.05, 0.1) is 0 Å². The molecular weight excluding hydrogens is 323 g/mol. The fourth-order valence-corrected chi connectivity index (χ4v) is 2.49. The molecule has 1 aromatic carbocycles. The lowest BCUT2D eigenvalue weighted by Gasteiger charge is -2.21. The van der Waals surface area contributed by atoms with E-state index < -0.39 is 11.8 Å². The summed E-state index contributed by atoms with van der Waals surface area (Å²) in [5, 5.41) is 3.37. The lowest BCUT2D eigenvalue weighted by atomic mass is 10.2. The summed E-state index contributed by atoms with van der Waals surface area (Å²) in [4.78, 5) is 26.0. The number of halogens is 2. The monoisotopic (exact) mass is 344 g/mol. The van der Waals surface area contributed by atoms with Crippen molar-refractivity contribution in [2.24, 2.45) is 0 Å². The first-order valence-corrected chi connectivity index (χ1v) is 8.29. The topological polar surface area (TPSA) is 49.4 Å². The lowest BCUT2D eigenvalue weighted by molar-refractivity contribution is -0.143. The van der Waals surface area contributed by atoms with Crippen molar-refractivity contribution in [2.75, 3.05) is 18.4 Å². The summed E-state index contributed by atoms with van der Waals surface area (Å²) in [6.45, 7) is 5.30. The molecule has 22 heavy (non-hydrogen) atoms. The molecule has 122 valence electrons. The maximum atomic E-state index is 12.3. The Morgan fingerprint density at radius 1 is 1.00 bits per heavy atom. The molecule has 2 amide bonds. The molecule has 0 aliphatic carbocycles. The molecule has 1 aromatic rings. The molecule has 0 fully saturated rings. The summed E-state index contributed by atoms with van der Waals surface area (Å²) in [5.74, 6) is -1.18. The Morgan fingerprint density at radius 3 is 1.95 bits per heavy atom. The zero-order valence-electron chi connectivity index (χ0n) is 13.0. The number of hydrogen-bond acceptors (Lipinski definition) is 2. The summed E-state index contributed by atoms with van der Waals surface area (Å²) in [5.41, 5.74) is 0.418. The number of carbonyl (C=O) groups is 2. The second-order valence-electron chi connectivity index (χ2n) is 5.11. The Labute approximate surface area is 141 Å². The number of nitrogens with one attached hydrogen (secondary N) is 1.